The maximum Gasteiger partial charge on any atom is 0.335 e. The number of thiophene rings is 1. The SMILES string of the molecule is CC(C)(C)C1CCc2c(sc3nc(SCc4ccc(C(=O)O)cc4)n(-c4ccccc4)c(=O)c23)C1. The van der Waals surface area contributed by atoms with E-state index >= 15 is 0 Å². The van der Waals surface area contributed by atoms with Crippen LogP contribution in [0, 0.1) is 11.3 Å². The Labute approximate surface area is 212 Å². The molecule has 5 rings (SSSR count). The zero-order valence-electron chi connectivity index (χ0n) is 20.1. The van der Waals surface area contributed by atoms with E-state index in [1.54, 1.807) is 28.0 Å². The molecule has 4 aromatic rings. The average Bonchev–Trinajstić information content (AvgIpc) is 3.21. The Morgan fingerprint density at radius 2 is 1.86 bits per heavy atom. The normalized spacial score (nSPS) is 15.8. The van der Waals surface area contributed by atoms with Crippen LogP contribution in [0.15, 0.2) is 64.5 Å². The predicted octanol–water partition coefficient (Wildman–Crippen LogP) is 6.59. The van der Waals surface area contributed by atoms with Gasteiger partial charge in [0.05, 0.1) is 16.6 Å². The Morgan fingerprint density at radius 3 is 2.51 bits per heavy atom. The number of benzene rings is 2. The minimum atomic E-state index is -0.940. The summed E-state index contributed by atoms with van der Waals surface area (Å²) in [4.78, 5) is 32.3. The Kier molecular flexibility index (Phi) is 6.32. The number of aromatic carboxylic acids is 1. The Bertz CT molecular complexity index is 1450. The van der Waals surface area contributed by atoms with Crippen LogP contribution in [-0.4, -0.2) is 20.6 Å². The van der Waals surface area contributed by atoms with Crippen molar-refractivity contribution in [3.63, 3.8) is 0 Å². The molecule has 0 saturated carbocycles. The van der Waals surface area contributed by atoms with Crippen molar-refractivity contribution in [1.29, 1.82) is 0 Å². The number of carbonyl (C=O) groups is 1. The Morgan fingerprint density at radius 1 is 1.14 bits per heavy atom. The van der Waals surface area contributed by atoms with Crippen molar-refractivity contribution in [2.24, 2.45) is 11.3 Å². The molecule has 35 heavy (non-hydrogen) atoms. The van der Waals surface area contributed by atoms with E-state index in [1.807, 2.05) is 42.5 Å². The summed E-state index contributed by atoms with van der Waals surface area (Å²) in [6.45, 7) is 6.90. The summed E-state index contributed by atoms with van der Waals surface area (Å²) in [6.07, 6.45) is 3.02. The lowest BCUT2D eigenvalue weighted by Crippen LogP contribution is -2.27. The molecule has 2 aromatic carbocycles. The molecule has 5 nitrogen and oxygen atoms in total. The van der Waals surface area contributed by atoms with Gasteiger partial charge in [0.1, 0.15) is 4.83 Å². The van der Waals surface area contributed by atoms with Crippen molar-refractivity contribution in [2.45, 2.75) is 50.9 Å². The Hall–Kier alpha value is -2.90. The van der Waals surface area contributed by atoms with Gasteiger partial charge in [-0.05, 0) is 66.0 Å². The van der Waals surface area contributed by atoms with Crippen LogP contribution in [0.2, 0.25) is 0 Å². The van der Waals surface area contributed by atoms with Crippen LogP contribution >= 0.6 is 23.1 Å². The number of aromatic nitrogens is 2. The van der Waals surface area contributed by atoms with Crippen LogP contribution in [0.3, 0.4) is 0 Å². The summed E-state index contributed by atoms with van der Waals surface area (Å²) in [5.74, 6) is 0.244. The van der Waals surface area contributed by atoms with Crippen molar-refractivity contribution in [1.82, 2.24) is 9.55 Å². The zero-order chi connectivity index (χ0) is 24.7. The highest BCUT2D eigenvalue weighted by Crippen LogP contribution is 2.42. The van der Waals surface area contributed by atoms with Crippen LogP contribution in [0.1, 0.15) is 53.6 Å². The summed E-state index contributed by atoms with van der Waals surface area (Å²) in [5.41, 5.74) is 3.47. The highest BCUT2D eigenvalue weighted by molar-refractivity contribution is 7.98. The number of rotatable bonds is 5. The molecule has 0 amide bonds. The predicted molar refractivity (Wildman–Crippen MR) is 143 cm³/mol. The van der Waals surface area contributed by atoms with Gasteiger partial charge in [-0.25, -0.2) is 9.78 Å². The van der Waals surface area contributed by atoms with Crippen molar-refractivity contribution in [3.05, 3.63) is 86.5 Å². The zero-order valence-corrected chi connectivity index (χ0v) is 21.7. The van der Waals surface area contributed by atoms with Crippen LogP contribution in [0.5, 0.6) is 0 Å². The second-order valence-corrected chi connectivity index (χ2v) is 12.2. The number of nitrogens with zero attached hydrogens (tertiary/aromatic N) is 2. The topological polar surface area (TPSA) is 72.2 Å². The first-order chi connectivity index (χ1) is 16.7. The Balaban J connectivity index is 1.57. The first kappa shape index (κ1) is 23.8. The summed E-state index contributed by atoms with van der Waals surface area (Å²) in [6, 6.07) is 16.5. The first-order valence-electron chi connectivity index (χ1n) is 11.8. The van der Waals surface area contributed by atoms with E-state index in [2.05, 4.69) is 20.8 Å². The molecule has 0 saturated heterocycles. The van der Waals surface area contributed by atoms with Gasteiger partial charge in [0, 0.05) is 10.6 Å². The van der Waals surface area contributed by atoms with Crippen molar-refractivity contribution >= 4 is 39.3 Å². The molecular formula is C28H28N2O3S2. The minimum Gasteiger partial charge on any atom is -0.478 e. The fourth-order valence-corrected chi connectivity index (χ4v) is 7.05. The number of carboxylic acid groups (broad SMARTS) is 1. The molecule has 1 atom stereocenters. The third kappa shape index (κ3) is 4.67. The standard InChI is InChI=1S/C28H28N2O3S2/c1-28(2,3)19-13-14-21-22(15-19)35-24-23(21)25(31)30(20-7-5-4-6-8-20)27(29-24)34-16-17-9-11-18(12-10-17)26(32)33/h4-12,19H,13-16H2,1-3H3,(H,32,33). The number of fused-ring (bicyclic) bond motifs is 3. The summed E-state index contributed by atoms with van der Waals surface area (Å²) in [7, 11) is 0. The highest BCUT2D eigenvalue weighted by Gasteiger charge is 2.32. The second kappa shape index (κ2) is 9.28. The molecule has 1 unspecified atom stereocenters. The number of hydrogen-bond acceptors (Lipinski definition) is 5. The van der Waals surface area contributed by atoms with Gasteiger partial charge in [-0.3, -0.25) is 9.36 Å². The molecule has 7 heteroatoms. The fraction of sp³-hybridized carbons (Fsp3) is 0.321. The van der Waals surface area contributed by atoms with E-state index in [0.717, 1.165) is 40.7 Å². The van der Waals surface area contributed by atoms with Crippen LogP contribution in [-0.2, 0) is 18.6 Å². The number of carboxylic acids is 1. The van der Waals surface area contributed by atoms with E-state index < -0.39 is 5.97 Å². The maximum absolute atomic E-state index is 13.9. The van der Waals surface area contributed by atoms with E-state index in [1.165, 1.54) is 22.2 Å². The lowest BCUT2D eigenvalue weighted by Gasteiger charge is -2.33. The molecule has 1 aliphatic rings. The molecule has 0 spiro atoms. The van der Waals surface area contributed by atoms with Gasteiger partial charge in [0.2, 0.25) is 0 Å². The number of hydrogen-bond donors (Lipinski definition) is 1. The molecule has 1 N–H and O–H groups in total. The maximum atomic E-state index is 13.9. The smallest absolute Gasteiger partial charge is 0.335 e. The monoisotopic (exact) mass is 504 g/mol. The van der Waals surface area contributed by atoms with E-state index in [4.69, 9.17) is 10.1 Å². The third-order valence-corrected chi connectivity index (χ3v) is 9.02. The highest BCUT2D eigenvalue weighted by atomic mass is 32.2. The summed E-state index contributed by atoms with van der Waals surface area (Å²) >= 11 is 3.18. The summed E-state index contributed by atoms with van der Waals surface area (Å²) < 4.78 is 1.74. The van der Waals surface area contributed by atoms with Gasteiger partial charge >= 0.3 is 5.97 Å². The van der Waals surface area contributed by atoms with Crippen LogP contribution in [0.4, 0.5) is 0 Å². The van der Waals surface area contributed by atoms with Crippen molar-refractivity contribution in [3.8, 4) is 5.69 Å². The molecule has 0 radical (unpaired) electrons. The quantitative estimate of drug-likeness (QED) is 0.245. The fourth-order valence-electron chi connectivity index (χ4n) is 4.74. The molecule has 1 aliphatic carbocycles. The molecule has 2 aromatic heterocycles. The lowest BCUT2D eigenvalue weighted by atomic mass is 9.72. The molecule has 180 valence electrons. The third-order valence-electron chi connectivity index (χ3n) is 6.86. The van der Waals surface area contributed by atoms with Gasteiger partial charge in [-0.15, -0.1) is 11.3 Å². The second-order valence-electron chi connectivity index (χ2n) is 10.2. The van der Waals surface area contributed by atoms with Crippen molar-refractivity contribution in [2.75, 3.05) is 0 Å². The lowest BCUT2D eigenvalue weighted by molar-refractivity contribution is 0.0697. The van der Waals surface area contributed by atoms with Crippen LogP contribution < -0.4 is 5.56 Å². The van der Waals surface area contributed by atoms with Gasteiger partial charge in [0.25, 0.3) is 5.56 Å². The molecular weight excluding hydrogens is 476 g/mol. The van der Waals surface area contributed by atoms with E-state index in [9.17, 15) is 9.59 Å². The number of thioether (sulfide) groups is 1. The van der Waals surface area contributed by atoms with E-state index in [-0.39, 0.29) is 16.5 Å². The molecule has 0 bridgehead atoms. The van der Waals surface area contributed by atoms with Gasteiger partial charge in [0.15, 0.2) is 5.16 Å². The van der Waals surface area contributed by atoms with Gasteiger partial charge in [-0.1, -0.05) is 62.9 Å². The molecule has 2 heterocycles. The number of para-hydroxylation sites is 1. The van der Waals surface area contributed by atoms with E-state index in [0.29, 0.717) is 16.8 Å². The van der Waals surface area contributed by atoms with Crippen LogP contribution in [0.25, 0.3) is 15.9 Å². The van der Waals surface area contributed by atoms with Crippen molar-refractivity contribution < 1.29 is 9.90 Å². The average molecular weight is 505 g/mol. The minimum absolute atomic E-state index is 0.00312. The largest absolute Gasteiger partial charge is 0.478 e. The van der Waals surface area contributed by atoms with Gasteiger partial charge in [-0.2, -0.15) is 0 Å². The molecule has 0 aliphatic heterocycles. The van der Waals surface area contributed by atoms with Gasteiger partial charge < -0.3 is 5.11 Å². The number of aryl methyl sites for hydroxylation is 1. The first-order valence-corrected chi connectivity index (χ1v) is 13.6. The molecule has 0 fully saturated rings. The summed E-state index contributed by atoms with van der Waals surface area (Å²) in [5, 5.41) is 10.6.